The molecule has 0 saturated carbocycles. The van der Waals surface area contributed by atoms with Gasteiger partial charge < -0.3 is 14.2 Å². The third-order valence-corrected chi connectivity index (χ3v) is 3.73. The van der Waals surface area contributed by atoms with Gasteiger partial charge in [0.15, 0.2) is 11.5 Å². The van der Waals surface area contributed by atoms with Gasteiger partial charge in [-0.05, 0) is 42.4 Å². The van der Waals surface area contributed by atoms with Crippen LogP contribution in [0, 0.1) is 0 Å². The number of benzene rings is 2. The number of likely N-dealkylation sites (N-methyl/N-ethyl adjacent to an activating group) is 1. The zero-order chi connectivity index (χ0) is 16.1. The van der Waals surface area contributed by atoms with Gasteiger partial charge in [0.25, 0.3) is 0 Å². The molecule has 0 fully saturated rings. The van der Waals surface area contributed by atoms with E-state index in [2.05, 4.69) is 30.2 Å². The number of methoxy groups -OCH3 is 1. The minimum atomic E-state index is 0. The molecule has 0 atom stereocenters. The van der Waals surface area contributed by atoms with E-state index in [1.807, 2.05) is 36.4 Å². The fraction of sp³-hybridized carbons (Fsp3) is 0.263. The van der Waals surface area contributed by atoms with E-state index in [0.29, 0.717) is 6.79 Å². The van der Waals surface area contributed by atoms with Crippen molar-refractivity contribution in [2.45, 2.75) is 6.54 Å². The minimum Gasteiger partial charge on any atom is -0.497 e. The molecule has 128 valence electrons. The van der Waals surface area contributed by atoms with E-state index < -0.39 is 0 Å². The molecular formula is C19H22ClNO3. The van der Waals surface area contributed by atoms with Gasteiger partial charge in [-0.1, -0.05) is 30.4 Å². The first-order valence-electron chi connectivity index (χ1n) is 7.62. The van der Waals surface area contributed by atoms with Crippen LogP contribution < -0.4 is 14.2 Å². The van der Waals surface area contributed by atoms with Gasteiger partial charge in [0.1, 0.15) is 5.75 Å². The quantitative estimate of drug-likeness (QED) is 0.790. The Hall–Kier alpha value is -2.17. The summed E-state index contributed by atoms with van der Waals surface area (Å²) in [6.07, 6.45) is 4.28. The summed E-state index contributed by atoms with van der Waals surface area (Å²) in [7, 11) is 3.78. The van der Waals surface area contributed by atoms with Gasteiger partial charge in [0, 0.05) is 13.1 Å². The number of hydrogen-bond acceptors (Lipinski definition) is 4. The molecule has 0 unspecified atom stereocenters. The Balaban J connectivity index is 0.00000208. The van der Waals surface area contributed by atoms with E-state index >= 15 is 0 Å². The van der Waals surface area contributed by atoms with Crippen LogP contribution in [0.3, 0.4) is 0 Å². The molecule has 24 heavy (non-hydrogen) atoms. The van der Waals surface area contributed by atoms with E-state index in [1.165, 1.54) is 11.1 Å². The summed E-state index contributed by atoms with van der Waals surface area (Å²) < 4.78 is 15.9. The lowest BCUT2D eigenvalue weighted by atomic mass is 10.2. The Morgan fingerprint density at radius 2 is 1.83 bits per heavy atom. The summed E-state index contributed by atoms with van der Waals surface area (Å²) in [4.78, 5) is 2.25. The Labute approximate surface area is 149 Å². The molecule has 0 aliphatic carbocycles. The van der Waals surface area contributed by atoms with Crippen LogP contribution in [0.25, 0.3) is 6.08 Å². The third kappa shape index (κ3) is 4.66. The van der Waals surface area contributed by atoms with E-state index in [9.17, 15) is 0 Å². The van der Waals surface area contributed by atoms with Crippen LogP contribution >= 0.6 is 12.4 Å². The number of ether oxygens (including phenoxy) is 3. The summed E-state index contributed by atoms with van der Waals surface area (Å²) >= 11 is 0. The number of hydrogen-bond donors (Lipinski definition) is 0. The van der Waals surface area contributed by atoms with E-state index in [4.69, 9.17) is 14.2 Å². The second-order valence-corrected chi connectivity index (χ2v) is 5.56. The van der Waals surface area contributed by atoms with Crippen molar-refractivity contribution in [1.29, 1.82) is 0 Å². The molecule has 0 amide bonds. The third-order valence-electron chi connectivity index (χ3n) is 3.73. The van der Waals surface area contributed by atoms with Gasteiger partial charge in [0.05, 0.1) is 7.11 Å². The second-order valence-electron chi connectivity index (χ2n) is 5.56. The smallest absolute Gasteiger partial charge is 0.231 e. The average Bonchev–Trinajstić information content (AvgIpc) is 3.03. The molecule has 3 rings (SSSR count). The average molecular weight is 348 g/mol. The normalized spacial score (nSPS) is 12.5. The molecule has 2 aromatic carbocycles. The van der Waals surface area contributed by atoms with E-state index in [1.54, 1.807) is 7.11 Å². The Kier molecular flexibility index (Phi) is 6.53. The van der Waals surface area contributed by atoms with Crippen molar-refractivity contribution in [2.75, 3.05) is 27.5 Å². The SMILES string of the molecule is COc1ccc(/C=C/CN(C)Cc2ccc3c(c2)OCO3)cc1.Cl. The standard InChI is InChI=1S/C19H21NO3.ClH/c1-20(11-3-4-15-5-8-17(21-2)9-6-15)13-16-7-10-18-19(12-16)23-14-22-18;/h3-10,12H,11,13-14H2,1-2H3;1H/b4-3+;. The molecule has 0 saturated heterocycles. The van der Waals surface area contributed by atoms with E-state index in [-0.39, 0.29) is 12.4 Å². The molecule has 5 heteroatoms. The zero-order valence-electron chi connectivity index (χ0n) is 13.9. The van der Waals surface area contributed by atoms with Crippen molar-refractivity contribution in [3.05, 3.63) is 59.7 Å². The molecule has 0 bridgehead atoms. The topological polar surface area (TPSA) is 30.9 Å². The van der Waals surface area contributed by atoms with Crippen molar-refractivity contribution >= 4 is 18.5 Å². The molecule has 0 radical (unpaired) electrons. The van der Waals surface area contributed by atoms with Crippen LogP contribution in [0.4, 0.5) is 0 Å². The van der Waals surface area contributed by atoms with Gasteiger partial charge >= 0.3 is 0 Å². The maximum absolute atomic E-state index is 5.41. The summed E-state index contributed by atoms with van der Waals surface area (Å²) in [6.45, 7) is 2.06. The van der Waals surface area contributed by atoms with Gasteiger partial charge in [-0.15, -0.1) is 12.4 Å². The highest BCUT2D eigenvalue weighted by Gasteiger charge is 2.13. The molecule has 1 aliphatic rings. The van der Waals surface area contributed by atoms with Crippen molar-refractivity contribution in [3.8, 4) is 17.2 Å². The minimum absolute atomic E-state index is 0. The predicted octanol–water partition coefficient (Wildman–Crippen LogP) is 3.99. The zero-order valence-corrected chi connectivity index (χ0v) is 14.7. The van der Waals surface area contributed by atoms with Crippen molar-refractivity contribution < 1.29 is 14.2 Å². The van der Waals surface area contributed by atoms with Gasteiger partial charge in [0.2, 0.25) is 6.79 Å². The highest BCUT2D eigenvalue weighted by atomic mass is 35.5. The molecule has 4 nitrogen and oxygen atoms in total. The van der Waals surface area contributed by atoms with E-state index in [0.717, 1.165) is 30.3 Å². The molecule has 0 spiro atoms. The monoisotopic (exact) mass is 347 g/mol. The first-order valence-corrected chi connectivity index (χ1v) is 7.62. The van der Waals surface area contributed by atoms with Gasteiger partial charge in [-0.25, -0.2) is 0 Å². The summed E-state index contributed by atoms with van der Waals surface area (Å²) in [5.74, 6) is 2.54. The summed E-state index contributed by atoms with van der Waals surface area (Å²) in [5.41, 5.74) is 2.39. The maximum Gasteiger partial charge on any atom is 0.231 e. The van der Waals surface area contributed by atoms with Crippen molar-refractivity contribution in [2.24, 2.45) is 0 Å². The highest BCUT2D eigenvalue weighted by Crippen LogP contribution is 2.32. The van der Waals surface area contributed by atoms with Crippen LogP contribution in [-0.4, -0.2) is 32.4 Å². The van der Waals surface area contributed by atoms with Crippen molar-refractivity contribution in [1.82, 2.24) is 4.90 Å². The molecule has 0 aromatic heterocycles. The number of rotatable bonds is 6. The van der Waals surface area contributed by atoms with Crippen LogP contribution in [0.5, 0.6) is 17.2 Å². The van der Waals surface area contributed by atoms with Crippen LogP contribution in [0.2, 0.25) is 0 Å². The fourth-order valence-electron chi connectivity index (χ4n) is 2.50. The summed E-state index contributed by atoms with van der Waals surface area (Å²) in [6, 6.07) is 14.1. The lowest BCUT2D eigenvalue weighted by molar-refractivity contribution is 0.174. The molecule has 1 aliphatic heterocycles. The fourth-order valence-corrected chi connectivity index (χ4v) is 2.50. The van der Waals surface area contributed by atoms with Gasteiger partial charge in [-0.3, -0.25) is 4.90 Å². The number of halogens is 1. The van der Waals surface area contributed by atoms with Crippen LogP contribution in [0.15, 0.2) is 48.5 Å². The lowest BCUT2D eigenvalue weighted by Crippen LogP contribution is -2.17. The van der Waals surface area contributed by atoms with Crippen LogP contribution in [-0.2, 0) is 6.54 Å². The molecular weight excluding hydrogens is 326 g/mol. The second kappa shape index (κ2) is 8.62. The largest absolute Gasteiger partial charge is 0.497 e. The van der Waals surface area contributed by atoms with Gasteiger partial charge in [-0.2, -0.15) is 0 Å². The Morgan fingerprint density at radius 1 is 1.08 bits per heavy atom. The maximum atomic E-state index is 5.41. The van der Waals surface area contributed by atoms with Crippen molar-refractivity contribution in [3.63, 3.8) is 0 Å². The Morgan fingerprint density at radius 3 is 2.58 bits per heavy atom. The molecule has 0 N–H and O–H groups in total. The highest BCUT2D eigenvalue weighted by molar-refractivity contribution is 5.85. The molecule has 2 aromatic rings. The number of fused-ring (bicyclic) bond motifs is 1. The first-order chi connectivity index (χ1) is 11.2. The Bertz CT molecular complexity index is 686. The number of nitrogens with zero attached hydrogens (tertiary/aromatic N) is 1. The lowest BCUT2D eigenvalue weighted by Gasteiger charge is -2.14. The first kappa shape index (κ1) is 18.2. The molecule has 1 heterocycles. The summed E-state index contributed by atoms with van der Waals surface area (Å²) in [5, 5.41) is 0. The van der Waals surface area contributed by atoms with Crippen LogP contribution in [0.1, 0.15) is 11.1 Å². The predicted molar refractivity (Wildman–Crippen MR) is 98.2 cm³/mol.